The first kappa shape index (κ1) is 70.4. The minimum atomic E-state index is -2.99. The van der Waals surface area contributed by atoms with Crippen molar-refractivity contribution in [3.63, 3.8) is 0 Å². The maximum atomic E-state index is 14.2. The largest absolute Gasteiger partial charge is 0.508 e. The summed E-state index contributed by atoms with van der Waals surface area (Å²) in [6.07, 6.45) is -44.7. The van der Waals surface area contributed by atoms with Gasteiger partial charge in [0.05, 0.1) is 39.1 Å². The molecule has 33 heteroatoms. The topological polar surface area (TPSA) is 501 Å². The quantitative estimate of drug-likeness (QED) is 0.0226. The zero-order valence-corrected chi connectivity index (χ0v) is 48.3. The summed E-state index contributed by atoms with van der Waals surface area (Å²) in [6, 6.07) is 16.4. The minimum absolute atomic E-state index is 0.0122. The minimum Gasteiger partial charge on any atom is -0.508 e. The molecule has 5 saturated heterocycles. The van der Waals surface area contributed by atoms with E-state index in [0.717, 1.165) is 19.1 Å². The number of ether oxygens (including phenoxy) is 14. The van der Waals surface area contributed by atoms with Crippen molar-refractivity contribution in [1.82, 2.24) is 0 Å². The number of carbonyl (C=O) groups excluding carboxylic acids is 4. The van der Waals surface area contributed by atoms with E-state index < -0.39 is 210 Å². The first-order chi connectivity index (χ1) is 43.4. The van der Waals surface area contributed by atoms with Crippen LogP contribution in [0.5, 0.6) is 17.2 Å². The van der Waals surface area contributed by atoms with E-state index in [0.29, 0.717) is 5.56 Å². The summed E-state index contributed by atoms with van der Waals surface area (Å²) >= 11 is 0. The molecule has 5 fully saturated rings. The number of aliphatic hydroxyl groups is 13. The number of aromatic hydroxyl groups is 2. The Bertz CT molecular complexity index is 2930. The monoisotopic (exact) mass is 1300 g/mol. The molecule has 5 heterocycles. The number of carbonyl (C=O) groups is 4. The Hall–Kier alpha value is -6.46. The fourth-order valence-corrected chi connectivity index (χ4v) is 10.4. The van der Waals surface area contributed by atoms with E-state index in [1.165, 1.54) is 86.0 Å². The van der Waals surface area contributed by atoms with E-state index in [2.05, 4.69) is 0 Å². The summed E-state index contributed by atoms with van der Waals surface area (Å²) in [7, 11) is 1.27. The van der Waals surface area contributed by atoms with E-state index in [4.69, 9.17) is 66.3 Å². The molecule has 0 saturated carbocycles. The number of rotatable bonds is 24. The lowest BCUT2D eigenvalue weighted by Gasteiger charge is -2.51. The highest BCUT2D eigenvalue weighted by Gasteiger charge is 2.64. The van der Waals surface area contributed by atoms with Crippen molar-refractivity contribution < 1.29 is 162 Å². The number of aliphatic hydroxyl groups excluding tert-OH is 13. The Kier molecular flexibility index (Phi) is 24.3. The average molecular weight is 1300 g/mol. The van der Waals surface area contributed by atoms with Crippen LogP contribution in [-0.4, -0.2) is 294 Å². The van der Waals surface area contributed by atoms with E-state index in [-0.39, 0.29) is 28.4 Å². The van der Waals surface area contributed by atoms with Crippen molar-refractivity contribution in [2.24, 2.45) is 0 Å². The summed E-state index contributed by atoms with van der Waals surface area (Å²) in [6.45, 7) is -5.56. The fraction of sp³-hybridized carbons (Fsp3) is 0.552. The fourth-order valence-electron chi connectivity index (χ4n) is 10.4. The van der Waals surface area contributed by atoms with Crippen molar-refractivity contribution >= 4 is 36.0 Å². The van der Waals surface area contributed by atoms with Gasteiger partial charge in [-0.3, -0.25) is 4.79 Å². The molecule has 3 aromatic rings. The number of methoxy groups -OCH3 is 1. The second-order valence-electron chi connectivity index (χ2n) is 21.4. The van der Waals surface area contributed by atoms with Crippen molar-refractivity contribution in [2.45, 2.75) is 154 Å². The molecule has 24 atom stereocenters. The molecule has 24 unspecified atom stereocenters. The van der Waals surface area contributed by atoms with Crippen LogP contribution in [0, 0.1) is 0 Å². The normalized spacial score (nSPS) is 36.8. The predicted molar refractivity (Wildman–Crippen MR) is 294 cm³/mol. The zero-order valence-electron chi connectivity index (χ0n) is 48.3. The summed E-state index contributed by atoms with van der Waals surface area (Å²) in [5.41, 5.74) is 0.442. The number of hydrogen-bond donors (Lipinski definition) is 15. The second kappa shape index (κ2) is 31.4. The molecule has 0 aromatic heterocycles. The Morgan fingerprint density at radius 1 is 0.516 bits per heavy atom. The van der Waals surface area contributed by atoms with E-state index in [1.54, 1.807) is 6.07 Å². The van der Waals surface area contributed by atoms with E-state index in [1.807, 2.05) is 0 Å². The molecule has 0 radical (unpaired) electrons. The molecule has 5 aliphatic heterocycles. The first-order valence-corrected chi connectivity index (χ1v) is 28.2. The van der Waals surface area contributed by atoms with Gasteiger partial charge in [0.1, 0.15) is 123 Å². The molecule has 15 N–H and O–H groups in total. The second-order valence-corrected chi connectivity index (χ2v) is 21.4. The summed E-state index contributed by atoms with van der Waals surface area (Å²) in [5.74, 6) is -8.08. The third-order valence-electron chi connectivity index (χ3n) is 15.2. The molecule has 8 rings (SSSR count). The number of esters is 4. The summed E-state index contributed by atoms with van der Waals surface area (Å²) in [5, 5.41) is 163. The van der Waals surface area contributed by atoms with Crippen molar-refractivity contribution in [3.05, 3.63) is 102 Å². The number of phenols is 2. The summed E-state index contributed by atoms with van der Waals surface area (Å²) < 4.78 is 83.1. The van der Waals surface area contributed by atoms with Crippen LogP contribution in [0.4, 0.5) is 0 Å². The van der Waals surface area contributed by atoms with Gasteiger partial charge in [-0.1, -0.05) is 36.4 Å². The molecule has 5 aliphatic rings. The standard InChI is InChI=1S/C58H72O33/c1-25(63)79-23-36-49(85-38(67)17-11-26-8-13-29(64)14-9-26)50(87-56-47(76)44(73)48(35(22-62)83-56)86-54-45(74)42(71)39(68)32(19-59)81-54)51(88-55-46(75)43(72)40(69)33(20-60)82-55)57(84-36)91-58(24-80-37(66)16-12-27-10-15-30(65)31(18-27)78-2)52(41(70)34(21-61)90-58)89-53(77)28-6-4-3-5-7-28/h3-18,32-36,39-52,54-57,59-62,64-65,68-76H,19-24H2,1-2H3. The maximum absolute atomic E-state index is 14.2. The lowest BCUT2D eigenvalue weighted by atomic mass is 9.95. The molecule has 0 aliphatic carbocycles. The highest BCUT2D eigenvalue weighted by molar-refractivity contribution is 5.90. The third kappa shape index (κ3) is 16.5. The van der Waals surface area contributed by atoms with Gasteiger partial charge in [0, 0.05) is 19.1 Å². The lowest BCUT2D eigenvalue weighted by molar-refractivity contribution is -0.423. The van der Waals surface area contributed by atoms with Gasteiger partial charge in [0.2, 0.25) is 5.79 Å². The molecule has 3 aromatic carbocycles. The van der Waals surface area contributed by atoms with E-state index in [9.17, 15) is 95.8 Å². The van der Waals surface area contributed by atoms with Crippen LogP contribution in [0.25, 0.3) is 12.2 Å². The Morgan fingerprint density at radius 3 is 1.63 bits per heavy atom. The van der Waals surface area contributed by atoms with Crippen LogP contribution in [0.3, 0.4) is 0 Å². The van der Waals surface area contributed by atoms with Crippen LogP contribution >= 0.6 is 0 Å². The van der Waals surface area contributed by atoms with Crippen molar-refractivity contribution in [2.75, 3.05) is 46.8 Å². The van der Waals surface area contributed by atoms with Gasteiger partial charge in [-0.25, -0.2) is 14.4 Å². The van der Waals surface area contributed by atoms with Crippen molar-refractivity contribution in [3.8, 4) is 17.2 Å². The molecule has 0 amide bonds. The average Bonchev–Trinajstić information content (AvgIpc) is 1.72. The molecular formula is C58H72O33. The smallest absolute Gasteiger partial charge is 0.338 e. The van der Waals surface area contributed by atoms with Crippen LogP contribution < -0.4 is 4.74 Å². The highest BCUT2D eigenvalue weighted by atomic mass is 16.8. The van der Waals surface area contributed by atoms with Gasteiger partial charge in [0.25, 0.3) is 0 Å². The lowest BCUT2D eigenvalue weighted by Crippen LogP contribution is -2.69. The van der Waals surface area contributed by atoms with Gasteiger partial charge in [-0.2, -0.15) is 0 Å². The zero-order chi connectivity index (χ0) is 66.0. The molecule has 0 bridgehead atoms. The van der Waals surface area contributed by atoms with Gasteiger partial charge >= 0.3 is 23.9 Å². The summed E-state index contributed by atoms with van der Waals surface area (Å²) in [4.78, 5) is 54.9. The number of hydrogen-bond acceptors (Lipinski definition) is 33. The van der Waals surface area contributed by atoms with E-state index >= 15 is 0 Å². The number of phenolic OH excluding ortho intramolecular Hbond substituents is 2. The van der Waals surface area contributed by atoms with Crippen LogP contribution in [0.1, 0.15) is 28.4 Å². The SMILES string of the molecule is COc1cc(C=CC(=O)OCC2(OC3OC(COC(C)=O)C(OC(=O)C=Cc4ccc(O)cc4)C(OC4OC(CO)C(OC5OC(CO)C(O)C(O)C5O)C(O)C4O)C3OC3OC(CO)C(O)C(O)C3O)OC(CO)C(O)C2OC(=O)c2ccccc2)ccc1O. The Balaban J connectivity index is 1.26. The Labute approximate surface area is 516 Å². The highest BCUT2D eigenvalue weighted by Crippen LogP contribution is 2.43. The van der Waals surface area contributed by atoms with Gasteiger partial charge in [0.15, 0.2) is 48.9 Å². The van der Waals surface area contributed by atoms with Crippen LogP contribution in [0.2, 0.25) is 0 Å². The Morgan fingerprint density at radius 2 is 1.04 bits per heavy atom. The number of benzene rings is 3. The van der Waals surface area contributed by atoms with Gasteiger partial charge in [-0.05, 0) is 59.7 Å². The maximum Gasteiger partial charge on any atom is 0.338 e. The predicted octanol–water partition coefficient (Wildman–Crippen LogP) is -5.54. The molecule has 91 heavy (non-hydrogen) atoms. The third-order valence-corrected chi connectivity index (χ3v) is 15.2. The van der Waals surface area contributed by atoms with Crippen LogP contribution in [0.15, 0.2) is 84.9 Å². The molecule has 502 valence electrons. The first-order valence-electron chi connectivity index (χ1n) is 28.2. The molecule has 0 spiro atoms. The van der Waals surface area contributed by atoms with Gasteiger partial charge in [-0.15, -0.1) is 0 Å². The van der Waals surface area contributed by atoms with Crippen LogP contribution in [-0.2, 0) is 76.0 Å². The molecule has 33 nitrogen and oxygen atoms in total. The molecular weight excluding hydrogens is 1220 g/mol. The van der Waals surface area contributed by atoms with Gasteiger partial charge < -0.3 is 143 Å². The van der Waals surface area contributed by atoms with Crippen molar-refractivity contribution in [1.29, 1.82) is 0 Å².